The number of carbonyl (C=O) groups excluding carboxylic acids is 1. The van der Waals surface area contributed by atoms with E-state index in [0.717, 1.165) is 10.6 Å². The fourth-order valence-corrected chi connectivity index (χ4v) is 4.39. The third-order valence-corrected chi connectivity index (χ3v) is 7.47. The molecular formula is C28H32F3N3O4S. The van der Waals surface area contributed by atoms with E-state index in [1.54, 1.807) is 49.4 Å². The van der Waals surface area contributed by atoms with Crippen molar-refractivity contribution in [1.82, 2.24) is 5.32 Å². The molecule has 1 unspecified atom stereocenters. The second kappa shape index (κ2) is 12.6. The summed E-state index contributed by atoms with van der Waals surface area (Å²) in [7, 11) is -2.34. The highest BCUT2D eigenvalue weighted by Crippen LogP contribution is 2.24. The van der Waals surface area contributed by atoms with Gasteiger partial charge in [0.25, 0.3) is 12.3 Å². The highest BCUT2D eigenvalue weighted by Gasteiger charge is 2.36. The van der Waals surface area contributed by atoms with E-state index in [1.165, 1.54) is 37.4 Å². The molecule has 0 bridgehead atoms. The standard InChI is InChI=1S/C28H32F3N3O4S/c1-19(22-9-11-24(29)12-10-22)33-26(35)23-13-21(14-25(15-23)34(2)39(3,36)37)17-38-18-28(32,27(30)31)16-20-7-5-4-6-8-20/h4-15,19,27H,16-18,32H2,1-3H3,(H,33,35)/t19-,28?/m1/s1. The SMILES string of the molecule is C[C@@H](NC(=O)c1cc(COCC(N)(Cc2ccccc2)C(F)F)cc(N(C)S(C)(=O)=O)c1)c1ccc(F)cc1. The van der Waals surface area contributed by atoms with Gasteiger partial charge in [-0.3, -0.25) is 9.10 Å². The van der Waals surface area contributed by atoms with Gasteiger partial charge in [-0.05, 0) is 60.4 Å². The van der Waals surface area contributed by atoms with Crippen molar-refractivity contribution in [3.05, 3.63) is 101 Å². The molecule has 0 heterocycles. The molecule has 3 N–H and O–H groups in total. The van der Waals surface area contributed by atoms with Crippen LogP contribution < -0.4 is 15.4 Å². The highest BCUT2D eigenvalue weighted by atomic mass is 32.2. The molecule has 0 fully saturated rings. The summed E-state index contributed by atoms with van der Waals surface area (Å²) in [5, 5.41) is 2.80. The van der Waals surface area contributed by atoms with Crippen LogP contribution in [0, 0.1) is 5.82 Å². The molecule has 3 rings (SSSR count). The summed E-state index contributed by atoms with van der Waals surface area (Å²) in [5.41, 5.74) is 6.08. The van der Waals surface area contributed by atoms with Crippen LogP contribution >= 0.6 is 0 Å². The van der Waals surface area contributed by atoms with Crippen molar-refractivity contribution in [2.24, 2.45) is 5.73 Å². The Labute approximate surface area is 226 Å². The van der Waals surface area contributed by atoms with Crippen LogP contribution in [0.25, 0.3) is 0 Å². The Morgan fingerprint density at radius 1 is 1.05 bits per heavy atom. The zero-order valence-electron chi connectivity index (χ0n) is 21.9. The summed E-state index contributed by atoms with van der Waals surface area (Å²) in [4.78, 5) is 13.1. The van der Waals surface area contributed by atoms with E-state index in [1.807, 2.05) is 0 Å². The van der Waals surface area contributed by atoms with Gasteiger partial charge in [0.05, 0.1) is 31.2 Å². The minimum atomic E-state index is -3.67. The molecule has 0 aliphatic rings. The summed E-state index contributed by atoms with van der Waals surface area (Å²) in [6.07, 6.45) is -1.96. The molecule has 0 aliphatic carbocycles. The lowest BCUT2D eigenvalue weighted by Gasteiger charge is -2.28. The van der Waals surface area contributed by atoms with Gasteiger partial charge in [0.2, 0.25) is 10.0 Å². The van der Waals surface area contributed by atoms with Gasteiger partial charge in [0.15, 0.2) is 0 Å². The number of carbonyl (C=O) groups is 1. The van der Waals surface area contributed by atoms with E-state index in [-0.39, 0.29) is 24.3 Å². The van der Waals surface area contributed by atoms with E-state index in [0.29, 0.717) is 16.7 Å². The smallest absolute Gasteiger partial charge is 0.258 e. The molecule has 3 aromatic rings. The van der Waals surface area contributed by atoms with Crippen molar-refractivity contribution in [3.8, 4) is 0 Å². The third kappa shape index (κ3) is 8.29. The van der Waals surface area contributed by atoms with Crippen LogP contribution in [0.4, 0.5) is 18.9 Å². The number of nitrogens with zero attached hydrogens (tertiary/aromatic N) is 1. The lowest BCUT2D eigenvalue weighted by molar-refractivity contribution is -0.0161. The molecule has 7 nitrogen and oxygen atoms in total. The second-order valence-electron chi connectivity index (χ2n) is 9.55. The third-order valence-electron chi connectivity index (χ3n) is 6.27. The molecule has 1 amide bonds. The first-order valence-corrected chi connectivity index (χ1v) is 14.0. The lowest BCUT2D eigenvalue weighted by atomic mass is 9.93. The van der Waals surface area contributed by atoms with Crippen molar-refractivity contribution in [2.45, 2.75) is 38.0 Å². The van der Waals surface area contributed by atoms with Crippen molar-refractivity contribution in [3.63, 3.8) is 0 Å². The Morgan fingerprint density at radius 3 is 2.28 bits per heavy atom. The van der Waals surface area contributed by atoms with E-state index in [9.17, 15) is 26.4 Å². The topological polar surface area (TPSA) is 102 Å². The van der Waals surface area contributed by atoms with Crippen molar-refractivity contribution < 1.29 is 31.1 Å². The quantitative estimate of drug-likeness (QED) is 0.340. The molecule has 3 aromatic carbocycles. The lowest BCUT2D eigenvalue weighted by Crippen LogP contribution is -2.53. The van der Waals surface area contributed by atoms with Gasteiger partial charge < -0.3 is 15.8 Å². The molecule has 0 spiro atoms. The minimum absolute atomic E-state index is 0.114. The Morgan fingerprint density at radius 2 is 1.69 bits per heavy atom. The van der Waals surface area contributed by atoms with E-state index in [4.69, 9.17) is 10.5 Å². The zero-order chi connectivity index (χ0) is 28.8. The number of sulfonamides is 1. The number of rotatable bonds is 12. The molecule has 2 atom stereocenters. The zero-order valence-corrected chi connectivity index (χ0v) is 22.7. The van der Waals surface area contributed by atoms with Gasteiger partial charge in [-0.2, -0.15) is 0 Å². The molecule has 39 heavy (non-hydrogen) atoms. The van der Waals surface area contributed by atoms with Crippen molar-refractivity contribution in [1.29, 1.82) is 0 Å². The van der Waals surface area contributed by atoms with Crippen LogP contribution in [0.2, 0.25) is 0 Å². The number of amides is 1. The number of nitrogens with two attached hydrogens (primary N) is 1. The first-order valence-electron chi connectivity index (χ1n) is 12.1. The van der Waals surface area contributed by atoms with Crippen LogP contribution in [0.1, 0.15) is 40.0 Å². The van der Waals surface area contributed by atoms with Crippen molar-refractivity contribution >= 4 is 21.6 Å². The molecular weight excluding hydrogens is 531 g/mol. The van der Waals surface area contributed by atoms with Gasteiger partial charge in [-0.15, -0.1) is 0 Å². The summed E-state index contributed by atoms with van der Waals surface area (Å²) >= 11 is 0. The largest absolute Gasteiger partial charge is 0.375 e. The maximum atomic E-state index is 13.9. The number of halogens is 3. The summed E-state index contributed by atoms with van der Waals surface area (Å²) < 4.78 is 72.0. The Balaban J connectivity index is 1.81. The first kappa shape index (κ1) is 30.1. The first-order chi connectivity index (χ1) is 18.3. The number of benzene rings is 3. The van der Waals surface area contributed by atoms with Gasteiger partial charge in [-0.1, -0.05) is 42.5 Å². The van der Waals surface area contributed by atoms with Gasteiger partial charge in [-0.25, -0.2) is 21.6 Å². The highest BCUT2D eigenvalue weighted by molar-refractivity contribution is 7.92. The number of nitrogens with one attached hydrogen (secondary N) is 1. The molecule has 0 aromatic heterocycles. The van der Waals surface area contributed by atoms with Crippen molar-refractivity contribution in [2.75, 3.05) is 24.2 Å². The van der Waals surface area contributed by atoms with Gasteiger partial charge in [0.1, 0.15) is 11.4 Å². The van der Waals surface area contributed by atoms with Crippen LogP contribution in [0.5, 0.6) is 0 Å². The number of alkyl halides is 2. The maximum absolute atomic E-state index is 13.9. The Hall–Kier alpha value is -3.41. The second-order valence-corrected chi connectivity index (χ2v) is 11.6. The van der Waals surface area contributed by atoms with E-state index in [2.05, 4.69) is 5.32 Å². The minimum Gasteiger partial charge on any atom is -0.375 e. The number of hydrogen-bond donors (Lipinski definition) is 2. The molecule has 210 valence electrons. The summed E-state index contributed by atoms with van der Waals surface area (Å²) in [6, 6.07) is 18.2. The average molecular weight is 564 g/mol. The Kier molecular flexibility index (Phi) is 9.76. The monoisotopic (exact) mass is 563 g/mol. The molecule has 0 aliphatic heterocycles. The van der Waals surface area contributed by atoms with Crippen LogP contribution in [0.15, 0.2) is 72.8 Å². The molecule has 0 radical (unpaired) electrons. The molecule has 0 saturated heterocycles. The normalized spacial score (nSPS) is 14.1. The number of anilines is 1. The molecule has 11 heteroatoms. The number of ether oxygens (including phenoxy) is 1. The van der Waals surface area contributed by atoms with E-state index < -0.39 is 46.4 Å². The number of hydrogen-bond acceptors (Lipinski definition) is 5. The predicted molar refractivity (Wildman–Crippen MR) is 145 cm³/mol. The van der Waals surface area contributed by atoms with E-state index >= 15 is 0 Å². The maximum Gasteiger partial charge on any atom is 0.258 e. The van der Waals surface area contributed by atoms with Gasteiger partial charge >= 0.3 is 0 Å². The summed E-state index contributed by atoms with van der Waals surface area (Å²) in [5.74, 6) is -0.919. The van der Waals surface area contributed by atoms with Crippen LogP contribution in [-0.2, 0) is 27.8 Å². The summed E-state index contributed by atoms with van der Waals surface area (Å²) in [6.45, 7) is 1.05. The average Bonchev–Trinajstić information content (AvgIpc) is 2.88. The van der Waals surface area contributed by atoms with Gasteiger partial charge in [0, 0.05) is 12.6 Å². The van der Waals surface area contributed by atoms with Crippen LogP contribution in [0.3, 0.4) is 0 Å². The predicted octanol–water partition coefficient (Wildman–Crippen LogP) is 4.43. The fourth-order valence-electron chi connectivity index (χ4n) is 3.90. The molecule has 0 saturated carbocycles. The van der Waals surface area contributed by atoms with Crippen LogP contribution in [-0.4, -0.2) is 46.2 Å². The fraction of sp³-hybridized carbons (Fsp3) is 0.321. The Bertz CT molecular complexity index is 1370.